The van der Waals surface area contributed by atoms with Gasteiger partial charge in [-0.25, -0.2) is 4.79 Å². The van der Waals surface area contributed by atoms with E-state index in [4.69, 9.17) is 27.9 Å². The Balaban J connectivity index is 2.07. The van der Waals surface area contributed by atoms with Gasteiger partial charge in [0.2, 0.25) is 5.95 Å². The minimum Gasteiger partial charge on any atom is -0.467 e. The summed E-state index contributed by atoms with van der Waals surface area (Å²) in [6.07, 6.45) is 0. The van der Waals surface area contributed by atoms with Gasteiger partial charge in [0.15, 0.2) is 0 Å². The predicted octanol–water partition coefficient (Wildman–Crippen LogP) is 3.14. The number of aromatic nitrogens is 3. The van der Waals surface area contributed by atoms with Gasteiger partial charge in [-0.3, -0.25) is 5.32 Å². The summed E-state index contributed by atoms with van der Waals surface area (Å²) in [6, 6.07) is 4.32. The molecule has 1 aromatic heterocycles. The van der Waals surface area contributed by atoms with E-state index in [2.05, 4.69) is 25.6 Å². The van der Waals surface area contributed by atoms with Gasteiger partial charge in [-0.05, 0) is 25.1 Å². The third-order valence-corrected chi connectivity index (χ3v) is 3.05. The second-order valence-electron chi connectivity index (χ2n) is 3.90. The molecule has 0 radical (unpaired) electrons. The van der Waals surface area contributed by atoms with Gasteiger partial charge in [-0.15, -0.1) is 0 Å². The molecule has 110 valence electrons. The molecule has 9 heteroatoms. The van der Waals surface area contributed by atoms with Crippen molar-refractivity contribution >= 4 is 40.9 Å². The lowest BCUT2D eigenvalue weighted by Gasteiger charge is -2.08. The number of nitrogens with one attached hydrogen (secondary N) is 2. The maximum Gasteiger partial charge on any atom is 0.326 e. The van der Waals surface area contributed by atoms with Crippen LogP contribution in [-0.2, 0) is 0 Å². The first-order valence-electron chi connectivity index (χ1n) is 5.77. The van der Waals surface area contributed by atoms with Crippen molar-refractivity contribution in [2.24, 2.45) is 0 Å². The summed E-state index contributed by atoms with van der Waals surface area (Å²) in [6.45, 7) is 1.66. The second-order valence-corrected chi connectivity index (χ2v) is 4.72. The topological polar surface area (TPSA) is 89.0 Å². The molecular weight excluding hydrogens is 317 g/mol. The number of nitrogens with zero attached hydrogens (tertiary/aromatic N) is 3. The number of hydrogen-bond donors (Lipinski definition) is 2. The molecule has 2 rings (SSSR count). The van der Waals surface area contributed by atoms with Gasteiger partial charge in [0.05, 0.1) is 17.2 Å². The number of rotatable bonds is 3. The first-order chi connectivity index (χ1) is 9.97. The van der Waals surface area contributed by atoms with E-state index in [1.165, 1.54) is 13.2 Å². The van der Waals surface area contributed by atoms with Gasteiger partial charge >= 0.3 is 12.0 Å². The van der Waals surface area contributed by atoms with Crippen molar-refractivity contribution in [1.82, 2.24) is 15.0 Å². The molecular formula is C12H11Cl2N5O2. The molecule has 0 aliphatic rings. The van der Waals surface area contributed by atoms with Crippen LogP contribution in [0.2, 0.25) is 10.0 Å². The van der Waals surface area contributed by atoms with Crippen molar-refractivity contribution in [3.05, 3.63) is 34.1 Å². The fourth-order valence-electron chi connectivity index (χ4n) is 1.44. The molecule has 7 nitrogen and oxygen atoms in total. The lowest BCUT2D eigenvalue weighted by Crippen LogP contribution is -2.21. The average molecular weight is 328 g/mol. The number of aryl methyl sites for hydroxylation is 1. The normalized spacial score (nSPS) is 10.1. The first-order valence-corrected chi connectivity index (χ1v) is 6.53. The van der Waals surface area contributed by atoms with Gasteiger partial charge < -0.3 is 10.1 Å². The standard InChI is InChI=1S/C12H11Cl2N5O2/c1-6-15-10(19-12(16-6)21-2)18-11(20)17-7-3-4-8(13)9(14)5-7/h3-5H,1-2H3,(H2,15,16,17,18,19,20). The van der Waals surface area contributed by atoms with Crippen LogP contribution in [0.5, 0.6) is 6.01 Å². The SMILES string of the molecule is COc1nc(C)nc(NC(=O)Nc2ccc(Cl)c(Cl)c2)n1. The molecule has 0 aliphatic heterocycles. The van der Waals surface area contributed by atoms with Crippen molar-refractivity contribution < 1.29 is 9.53 Å². The Morgan fingerprint density at radius 1 is 1.14 bits per heavy atom. The van der Waals surface area contributed by atoms with Crippen LogP contribution < -0.4 is 15.4 Å². The van der Waals surface area contributed by atoms with Gasteiger partial charge in [0.1, 0.15) is 5.82 Å². The van der Waals surface area contributed by atoms with E-state index in [9.17, 15) is 4.79 Å². The highest BCUT2D eigenvalue weighted by atomic mass is 35.5. The second kappa shape index (κ2) is 6.55. The zero-order valence-electron chi connectivity index (χ0n) is 11.1. The Morgan fingerprint density at radius 2 is 1.90 bits per heavy atom. The number of carbonyl (C=O) groups is 1. The molecule has 0 saturated heterocycles. The van der Waals surface area contributed by atoms with E-state index in [1.807, 2.05) is 0 Å². The summed E-state index contributed by atoms with van der Waals surface area (Å²) in [5.41, 5.74) is 0.486. The third kappa shape index (κ3) is 4.17. The van der Waals surface area contributed by atoms with Gasteiger partial charge in [-0.1, -0.05) is 23.2 Å². The van der Waals surface area contributed by atoms with E-state index in [0.29, 0.717) is 21.6 Å². The van der Waals surface area contributed by atoms with Crippen LogP contribution in [0.1, 0.15) is 5.82 Å². The molecule has 1 aromatic carbocycles. The Bertz CT molecular complexity index is 681. The molecule has 2 aromatic rings. The lowest BCUT2D eigenvalue weighted by atomic mass is 10.3. The number of urea groups is 1. The number of carbonyl (C=O) groups excluding carboxylic acids is 1. The van der Waals surface area contributed by atoms with Gasteiger partial charge in [0, 0.05) is 5.69 Å². The van der Waals surface area contributed by atoms with Crippen molar-refractivity contribution in [3.63, 3.8) is 0 Å². The summed E-state index contributed by atoms with van der Waals surface area (Å²) in [4.78, 5) is 23.6. The highest BCUT2D eigenvalue weighted by Crippen LogP contribution is 2.25. The molecule has 21 heavy (non-hydrogen) atoms. The van der Waals surface area contributed by atoms with Crippen LogP contribution in [0, 0.1) is 6.92 Å². The van der Waals surface area contributed by atoms with Crippen LogP contribution in [0.4, 0.5) is 16.4 Å². The number of anilines is 2. The van der Waals surface area contributed by atoms with E-state index in [-0.39, 0.29) is 12.0 Å². The van der Waals surface area contributed by atoms with Crippen molar-refractivity contribution in [1.29, 1.82) is 0 Å². The number of hydrogen-bond acceptors (Lipinski definition) is 5. The van der Waals surface area contributed by atoms with Crippen LogP contribution in [0.15, 0.2) is 18.2 Å². The Labute approximate surface area is 130 Å². The quantitative estimate of drug-likeness (QED) is 0.903. The molecule has 2 N–H and O–H groups in total. The van der Waals surface area contributed by atoms with Crippen molar-refractivity contribution in [2.75, 3.05) is 17.7 Å². The monoisotopic (exact) mass is 327 g/mol. The molecule has 2 amide bonds. The van der Waals surface area contributed by atoms with Crippen LogP contribution in [-0.4, -0.2) is 28.1 Å². The van der Waals surface area contributed by atoms with Gasteiger partial charge in [-0.2, -0.15) is 15.0 Å². The predicted molar refractivity (Wildman–Crippen MR) is 80.2 cm³/mol. The van der Waals surface area contributed by atoms with E-state index in [1.54, 1.807) is 19.1 Å². The molecule has 0 unspecified atom stereocenters. The molecule has 0 saturated carbocycles. The molecule has 0 bridgehead atoms. The zero-order valence-corrected chi connectivity index (χ0v) is 12.7. The molecule has 0 atom stereocenters. The fraction of sp³-hybridized carbons (Fsp3) is 0.167. The van der Waals surface area contributed by atoms with Gasteiger partial charge in [0.25, 0.3) is 0 Å². The van der Waals surface area contributed by atoms with Crippen molar-refractivity contribution in [2.45, 2.75) is 6.92 Å². The summed E-state index contributed by atoms with van der Waals surface area (Å²) in [5, 5.41) is 5.80. The number of methoxy groups -OCH3 is 1. The fourth-order valence-corrected chi connectivity index (χ4v) is 1.74. The van der Waals surface area contributed by atoms with Crippen LogP contribution in [0.3, 0.4) is 0 Å². The maximum absolute atomic E-state index is 11.8. The van der Waals surface area contributed by atoms with E-state index in [0.717, 1.165) is 0 Å². The summed E-state index contributed by atoms with van der Waals surface area (Å²) in [7, 11) is 1.42. The van der Waals surface area contributed by atoms with E-state index >= 15 is 0 Å². The number of amides is 2. The van der Waals surface area contributed by atoms with Crippen molar-refractivity contribution in [3.8, 4) is 6.01 Å². The molecule has 1 heterocycles. The number of ether oxygens (including phenoxy) is 1. The third-order valence-electron chi connectivity index (χ3n) is 2.31. The highest BCUT2D eigenvalue weighted by Gasteiger charge is 2.09. The van der Waals surface area contributed by atoms with Crippen LogP contribution in [0.25, 0.3) is 0 Å². The van der Waals surface area contributed by atoms with Crippen LogP contribution >= 0.6 is 23.2 Å². The highest BCUT2D eigenvalue weighted by molar-refractivity contribution is 6.42. The lowest BCUT2D eigenvalue weighted by molar-refractivity contribution is 0.262. The average Bonchev–Trinajstić information content (AvgIpc) is 2.42. The zero-order chi connectivity index (χ0) is 15.4. The Hall–Kier alpha value is -2.12. The minimum atomic E-state index is -0.527. The van der Waals surface area contributed by atoms with E-state index < -0.39 is 6.03 Å². The molecule has 0 fully saturated rings. The summed E-state index contributed by atoms with van der Waals surface area (Å²) < 4.78 is 4.90. The Morgan fingerprint density at radius 3 is 2.57 bits per heavy atom. The smallest absolute Gasteiger partial charge is 0.326 e. The molecule has 0 spiro atoms. The Kier molecular flexibility index (Phi) is 4.77. The maximum atomic E-state index is 11.8. The minimum absolute atomic E-state index is 0.0805. The largest absolute Gasteiger partial charge is 0.467 e. The first kappa shape index (κ1) is 15.3. The summed E-state index contributed by atoms with van der Waals surface area (Å²) >= 11 is 11.7. The molecule has 0 aliphatic carbocycles. The summed E-state index contributed by atoms with van der Waals surface area (Å²) in [5.74, 6) is 0.503. The number of halogens is 2. The number of benzene rings is 1.